The molecule has 2 aromatic carbocycles. The van der Waals surface area contributed by atoms with Gasteiger partial charge in [-0.3, -0.25) is 0 Å². The zero-order chi connectivity index (χ0) is 15.2. The molecule has 3 nitrogen and oxygen atoms in total. The minimum atomic E-state index is 0.367. The van der Waals surface area contributed by atoms with Crippen LogP contribution >= 0.6 is 12.2 Å². The lowest BCUT2D eigenvalue weighted by Gasteiger charge is -2.12. The van der Waals surface area contributed by atoms with Crippen molar-refractivity contribution in [1.29, 1.82) is 0 Å². The van der Waals surface area contributed by atoms with E-state index in [1.807, 2.05) is 30.3 Å². The summed E-state index contributed by atoms with van der Waals surface area (Å²) in [4.78, 5) is 0.367. The first-order chi connectivity index (χ1) is 10.1. The molecule has 0 aromatic heterocycles. The molecule has 0 amide bonds. The summed E-state index contributed by atoms with van der Waals surface area (Å²) in [7, 11) is 1.63. The molecule has 0 atom stereocenters. The number of nitrogens with two attached hydrogens (primary N) is 1. The molecule has 0 spiro atoms. The maximum atomic E-state index is 5.80. The Morgan fingerprint density at radius 1 is 1.14 bits per heavy atom. The Balaban J connectivity index is 2.13. The first-order valence-corrected chi connectivity index (χ1v) is 7.23. The van der Waals surface area contributed by atoms with Crippen molar-refractivity contribution in [3.05, 3.63) is 59.2 Å². The Hall–Kier alpha value is -2.07. The summed E-state index contributed by atoms with van der Waals surface area (Å²) in [6, 6.07) is 13.7. The van der Waals surface area contributed by atoms with Gasteiger partial charge < -0.3 is 15.2 Å². The minimum Gasteiger partial charge on any atom is -0.496 e. The van der Waals surface area contributed by atoms with E-state index >= 15 is 0 Å². The van der Waals surface area contributed by atoms with Crippen molar-refractivity contribution in [2.24, 2.45) is 5.73 Å². The summed E-state index contributed by atoms with van der Waals surface area (Å²) < 4.78 is 11.1. The van der Waals surface area contributed by atoms with Gasteiger partial charge >= 0.3 is 0 Å². The molecule has 0 saturated carbocycles. The second kappa shape index (κ2) is 7.09. The van der Waals surface area contributed by atoms with Gasteiger partial charge in [0.2, 0.25) is 0 Å². The quantitative estimate of drug-likeness (QED) is 0.830. The molecule has 0 fully saturated rings. The number of hydrogen-bond donors (Lipinski definition) is 1. The van der Waals surface area contributed by atoms with Gasteiger partial charge in [-0.15, -0.1) is 0 Å². The normalized spacial score (nSPS) is 10.2. The fourth-order valence-corrected chi connectivity index (χ4v) is 2.15. The van der Waals surface area contributed by atoms with E-state index in [-0.39, 0.29) is 0 Å². The van der Waals surface area contributed by atoms with Crippen molar-refractivity contribution >= 4 is 17.2 Å². The molecule has 0 heterocycles. The highest BCUT2D eigenvalue weighted by Gasteiger charge is 2.07. The monoisotopic (exact) mass is 301 g/mol. The lowest BCUT2D eigenvalue weighted by Crippen LogP contribution is -2.10. The maximum Gasteiger partial charge on any atom is 0.125 e. The highest BCUT2D eigenvalue weighted by atomic mass is 32.1. The number of methoxy groups -OCH3 is 1. The van der Waals surface area contributed by atoms with Crippen LogP contribution in [0.1, 0.15) is 23.6 Å². The molecular weight excluding hydrogens is 282 g/mol. The summed E-state index contributed by atoms with van der Waals surface area (Å²) in [5.41, 5.74) is 8.68. The van der Waals surface area contributed by atoms with Crippen LogP contribution in [0, 0.1) is 0 Å². The van der Waals surface area contributed by atoms with Crippen molar-refractivity contribution in [3.8, 4) is 11.5 Å². The van der Waals surface area contributed by atoms with Crippen LogP contribution in [-0.2, 0) is 13.0 Å². The third-order valence-corrected chi connectivity index (χ3v) is 3.53. The number of hydrogen-bond acceptors (Lipinski definition) is 3. The molecule has 0 unspecified atom stereocenters. The van der Waals surface area contributed by atoms with Crippen LogP contribution in [0.4, 0.5) is 0 Å². The van der Waals surface area contributed by atoms with Crippen molar-refractivity contribution < 1.29 is 9.47 Å². The van der Waals surface area contributed by atoms with Crippen LogP contribution in [0.3, 0.4) is 0 Å². The van der Waals surface area contributed by atoms with Gasteiger partial charge in [-0.2, -0.15) is 0 Å². The number of ether oxygens (including phenoxy) is 2. The minimum absolute atomic E-state index is 0.367. The van der Waals surface area contributed by atoms with E-state index in [2.05, 4.69) is 19.1 Å². The Bertz CT molecular complexity index is 623. The van der Waals surface area contributed by atoms with E-state index in [4.69, 9.17) is 27.4 Å². The number of benzene rings is 2. The van der Waals surface area contributed by atoms with E-state index in [0.717, 1.165) is 29.0 Å². The zero-order valence-electron chi connectivity index (χ0n) is 12.3. The first-order valence-electron chi connectivity index (χ1n) is 6.82. The Labute approximate surface area is 130 Å². The first kappa shape index (κ1) is 15.3. The number of aryl methyl sites for hydroxylation is 1. The predicted molar refractivity (Wildman–Crippen MR) is 89.0 cm³/mol. The number of rotatable bonds is 6. The molecule has 2 aromatic rings. The highest BCUT2D eigenvalue weighted by molar-refractivity contribution is 7.80. The molecule has 2 rings (SSSR count). The molecule has 0 bridgehead atoms. The van der Waals surface area contributed by atoms with Crippen molar-refractivity contribution in [1.82, 2.24) is 0 Å². The van der Waals surface area contributed by atoms with Crippen molar-refractivity contribution in [3.63, 3.8) is 0 Å². The highest BCUT2D eigenvalue weighted by Crippen LogP contribution is 2.22. The van der Waals surface area contributed by atoms with Crippen molar-refractivity contribution in [2.75, 3.05) is 7.11 Å². The Morgan fingerprint density at radius 2 is 1.86 bits per heavy atom. The van der Waals surface area contributed by atoms with E-state index in [0.29, 0.717) is 11.6 Å². The van der Waals surface area contributed by atoms with Gasteiger partial charge in [-0.1, -0.05) is 31.3 Å². The molecule has 0 aliphatic carbocycles. The average Bonchev–Trinajstić information content (AvgIpc) is 2.53. The van der Waals surface area contributed by atoms with Crippen molar-refractivity contribution in [2.45, 2.75) is 20.0 Å². The fraction of sp³-hybridized carbons (Fsp3) is 0.235. The summed E-state index contributed by atoms with van der Waals surface area (Å²) >= 11 is 5.00. The maximum absolute atomic E-state index is 5.80. The van der Waals surface area contributed by atoms with Gasteiger partial charge in [-0.05, 0) is 42.3 Å². The zero-order valence-corrected chi connectivity index (χ0v) is 13.1. The molecule has 2 N–H and O–H groups in total. The summed E-state index contributed by atoms with van der Waals surface area (Å²) in [6.07, 6.45) is 1.02. The van der Waals surface area contributed by atoms with Gasteiger partial charge in [0.1, 0.15) is 23.1 Å². The van der Waals surface area contributed by atoms with Crippen LogP contribution in [0.2, 0.25) is 0 Å². The fourth-order valence-electron chi connectivity index (χ4n) is 2.03. The average molecular weight is 301 g/mol. The molecule has 0 aliphatic rings. The van der Waals surface area contributed by atoms with Crippen LogP contribution in [0.5, 0.6) is 11.5 Å². The van der Waals surface area contributed by atoms with Gasteiger partial charge in [-0.25, -0.2) is 0 Å². The van der Waals surface area contributed by atoms with Gasteiger partial charge in [0.15, 0.2) is 0 Å². The topological polar surface area (TPSA) is 44.5 Å². The smallest absolute Gasteiger partial charge is 0.125 e. The molecule has 0 radical (unpaired) electrons. The molecular formula is C17H19NO2S. The molecule has 0 aliphatic heterocycles. The number of thiocarbonyl (C=S) groups is 1. The molecule has 0 saturated heterocycles. The van der Waals surface area contributed by atoms with Crippen LogP contribution < -0.4 is 15.2 Å². The SMILES string of the molecule is CCc1ccc(OCc2cc(C(N)=S)ccc2OC)cc1. The van der Waals surface area contributed by atoms with E-state index < -0.39 is 0 Å². The Morgan fingerprint density at radius 3 is 2.43 bits per heavy atom. The summed E-state index contributed by atoms with van der Waals surface area (Å²) in [6.45, 7) is 2.53. The van der Waals surface area contributed by atoms with Crippen LogP contribution in [0.15, 0.2) is 42.5 Å². The molecule has 4 heteroatoms. The van der Waals surface area contributed by atoms with E-state index in [1.54, 1.807) is 7.11 Å². The van der Waals surface area contributed by atoms with Crippen LogP contribution in [0.25, 0.3) is 0 Å². The largest absolute Gasteiger partial charge is 0.496 e. The summed E-state index contributed by atoms with van der Waals surface area (Å²) in [5.74, 6) is 1.59. The second-order valence-corrected chi connectivity index (χ2v) is 5.12. The third kappa shape index (κ3) is 3.95. The standard InChI is InChI=1S/C17H19NO2S/c1-3-12-4-7-15(8-5-12)20-11-14-10-13(17(18)21)6-9-16(14)19-2/h4-10H,3,11H2,1-2H3,(H2,18,21). The van der Waals surface area contributed by atoms with E-state index in [9.17, 15) is 0 Å². The van der Waals surface area contributed by atoms with Crippen LogP contribution in [-0.4, -0.2) is 12.1 Å². The van der Waals surface area contributed by atoms with Gasteiger partial charge in [0.25, 0.3) is 0 Å². The molecule has 110 valence electrons. The lowest BCUT2D eigenvalue weighted by atomic mass is 10.1. The lowest BCUT2D eigenvalue weighted by molar-refractivity contribution is 0.296. The van der Waals surface area contributed by atoms with E-state index in [1.165, 1.54) is 5.56 Å². The van der Waals surface area contributed by atoms with Gasteiger partial charge in [0, 0.05) is 11.1 Å². The summed E-state index contributed by atoms with van der Waals surface area (Å²) in [5, 5.41) is 0. The Kier molecular flexibility index (Phi) is 5.17. The molecule has 21 heavy (non-hydrogen) atoms. The predicted octanol–water partition coefficient (Wildman–Crippen LogP) is 3.47. The van der Waals surface area contributed by atoms with Gasteiger partial charge in [0.05, 0.1) is 7.11 Å². The second-order valence-electron chi connectivity index (χ2n) is 4.68. The third-order valence-electron chi connectivity index (χ3n) is 3.29.